The molecule has 4 aromatic rings. The van der Waals surface area contributed by atoms with E-state index in [1.165, 1.54) is 10.9 Å². The van der Waals surface area contributed by atoms with Crippen LogP contribution in [-0.2, 0) is 17.9 Å². The number of carbonyl (C=O) groups excluding carboxylic acids is 1. The minimum atomic E-state index is -0.282. The molecule has 0 aliphatic heterocycles. The Balaban J connectivity index is 1.45. The van der Waals surface area contributed by atoms with E-state index in [-0.39, 0.29) is 18.0 Å². The molecule has 1 aromatic carbocycles. The van der Waals surface area contributed by atoms with Crippen LogP contribution in [-0.4, -0.2) is 30.2 Å². The summed E-state index contributed by atoms with van der Waals surface area (Å²) in [6, 6.07) is 10.7. The Morgan fingerprint density at radius 3 is 2.86 bits per heavy atom. The Morgan fingerprint density at radius 2 is 2.04 bits per heavy atom. The van der Waals surface area contributed by atoms with Crippen molar-refractivity contribution in [2.75, 3.05) is 0 Å². The molecule has 3 aromatic heterocycles. The van der Waals surface area contributed by atoms with Gasteiger partial charge in [-0.3, -0.25) is 14.2 Å². The third-order valence-corrected chi connectivity index (χ3v) is 4.63. The highest BCUT2D eigenvalue weighted by molar-refractivity contribution is 9.10. The summed E-state index contributed by atoms with van der Waals surface area (Å²) in [5.74, 6) is 0.382. The Labute approximate surface area is 168 Å². The van der Waals surface area contributed by atoms with Crippen molar-refractivity contribution in [1.82, 2.24) is 29.6 Å². The number of hydrogen-bond donors (Lipinski definition) is 1. The zero-order valence-electron chi connectivity index (χ0n) is 14.6. The van der Waals surface area contributed by atoms with Crippen molar-refractivity contribution in [3.8, 4) is 5.82 Å². The molecule has 0 aliphatic rings. The van der Waals surface area contributed by atoms with Crippen LogP contribution in [0.2, 0.25) is 0 Å². The Morgan fingerprint density at radius 1 is 1.14 bits per heavy atom. The van der Waals surface area contributed by atoms with Crippen molar-refractivity contribution in [3.63, 3.8) is 0 Å². The van der Waals surface area contributed by atoms with Crippen LogP contribution in [0.25, 0.3) is 16.7 Å². The first kappa shape index (κ1) is 18.1. The summed E-state index contributed by atoms with van der Waals surface area (Å²) < 4.78 is 3.72. The largest absolute Gasteiger partial charge is 0.350 e. The number of hydrogen-bond acceptors (Lipinski definition) is 5. The second-order valence-electron chi connectivity index (χ2n) is 6.09. The predicted octanol–water partition coefficient (Wildman–Crippen LogP) is 2.06. The van der Waals surface area contributed by atoms with Gasteiger partial charge in [-0.05, 0) is 42.0 Å². The highest BCUT2D eigenvalue weighted by Gasteiger charge is 2.09. The molecule has 28 heavy (non-hydrogen) atoms. The van der Waals surface area contributed by atoms with Gasteiger partial charge in [-0.15, -0.1) is 0 Å². The molecule has 0 fully saturated rings. The molecule has 9 heteroatoms. The van der Waals surface area contributed by atoms with Gasteiger partial charge in [0.15, 0.2) is 5.82 Å². The number of halogens is 1. The van der Waals surface area contributed by atoms with Crippen LogP contribution < -0.4 is 10.9 Å². The normalized spacial score (nSPS) is 10.9. The molecular weight excluding hydrogens is 424 g/mol. The second-order valence-corrected chi connectivity index (χ2v) is 7.00. The fourth-order valence-electron chi connectivity index (χ4n) is 2.76. The molecule has 1 N–H and O–H groups in total. The molecule has 0 aliphatic carbocycles. The first-order chi connectivity index (χ1) is 13.6. The molecule has 0 spiro atoms. The molecule has 3 heterocycles. The van der Waals surface area contributed by atoms with Crippen LogP contribution in [0.3, 0.4) is 0 Å². The SMILES string of the molecule is O=C(Cn1cnc2ccc(Br)cc2c1=O)NCc1ccnc(-n2cccn2)c1. The van der Waals surface area contributed by atoms with E-state index in [0.29, 0.717) is 23.3 Å². The Bertz CT molecular complexity index is 1200. The zero-order chi connectivity index (χ0) is 19.5. The minimum absolute atomic E-state index is 0.106. The smallest absolute Gasteiger partial charge is 0.261 e. The highest BCUT2D eigenvalue weighted by Crippen LogP contribution is 2.14. The number of benzene rings is 1. The van der Waals surface area contributed by atoms with E-state index < -0.39 is 0 Å². The van der Waals surface area contributed by atoms with Crippen LogP contribution >= 0.6 is 15.9 Å². The third-order valence-electron chi connectivity index (χ3n) is 4.14. The van der Waals surface area contributed by atoms with Crippen LogP contribution in [0.1, 0.15) is 5.56 Å². The van der Waals surface area contributed by atoms with Gasteiger partial charge >= 0.3 is 0 Å². The van der Waals surface area contributed by atoms with E-state index in [9.17, 15) is 9.59 Å². The molecule has 0 saturated carbocycles. The Hall–Kier alpha value is -3.33. The van der Waals surface area contributed by atoms with Gasteiger partial charge in [0, 0.05) is 29.6 Å². The monoisotopic (exact) mass is 438 g/mol. The summed E-state index contributed by atoms with van der Waals surface area (Å²) in [7, 11) is 0. The number of aromatic nitrogens is 5. The number of nitrogens with zero attached hydrogens (tertiary/aromatic N) is 5. The third kappa shape index (κ3) is 3.84. The fraction of sp³-hybridized carbons (Fsp3) is 0.105. The van der Waals surface area contributed by atoms with Crippen molar-refractivity contribution < 1.29 is 4.79 Å². The maximum absolute atomic E-state index is 12.6. The fourth-order valence-corrected chi connectivity index (χ4v) is 3.12. The number of carbonyl (C=O) groups is 1. The van der Waals surface area contributed by atoms with Gasteiger partial charge in [-0.2, -0.15) is 5.10 Å². The highest BCUT2D eigenvalue weighted by atomic mass is 79.9. The van der Waals surface area contributed by atoms with E-state index in [4.69, 9.17) is 0 Å². The number of nitrogens with one attached hydrogen (secondary N) is 1. The first-order valence-electron chi connectivity index (χ1n) is 8.46. The van der Waals surface area contributed by atoms with E-state index in [0.717, 1.165) is 10.0 Å². The summed E-state index contributed by atoms with van der Waals surface area (Å²) in [5, 5.41) is 7.41. The topological polar surface area (TPSA) is 94.7 Å². The summed E-state index contributed by atoms with van der Waals surface area (Å²) in [6.45, 7) is 0.211. The van der Waals surface area contributed by atoms with Gasteiger partial charge in [0.1, 0.15) is 6.54 Å². The second kappa shape index (κ2) is 7.73. The van der Waals surface area contributed by atoms with E-state index in [2.05, 4.69) is 36.3 Å². The van der Waals surface area contributed by atoms with Crippen LogP contribution in [0.5, 0.6) is 0 Å². The number of fused-ring (bicyclic) bond motifs is 1. The molecule has 140 valence electrons. The van der Waals surface area contributed by atoms with E-state index in [1.54, 1.807) is 35.4 Å². The first-order valence-corrected chi connectivity index (χ1v) is 9.26. The lowest BCUT2D eigenvalue weighted by Gasteiger charge is -2.09. The van der Waals surface area contributed by atoms with Gasteiger partial charge in [-0.1, -0.05) is 15.9 Å². The molecule has 0 radical (unpaired) electrons. The maximum Gasteiger partial charge on any atom is 0.261 e. The van der Waals surface area contributed by atoms with Crippen molar-refractivity contribution in [2.45, 2.75) is 13.1 Å². The van der Waals surface area contributed by atoms with E-state index >= 15 is 0 Å². The number of pyridine rings is 1. The van der Waals surface area contributed by atoms with Crippen molar-refractivity contribution in [1.29, 1.82) is 0 Å². The molecule has 0 atom stereocenters. The maximum atomic E-state index is 12.6. The number of rotatable bonds is 5. The summed E-state index contributed by atoms with van der Waals surface area (Å²) in [5.41, 5.74) is 1.21. The van der Waals surface area contributed by atoms with Crippen molar-refractivity contribution in [2.24, 2.45) is 0 Å². The average molecular weight is 439 g/mol. The average Bonchev–Trinajstić information content (AvgIpc) is 3.24. The lowest BCUT2D eigenvalue weighted by atomic mass is 10.2. The van der Waals surface area contributed by atoms with Crippen molar-refractivity contribution >= 4 is 32.7 Å². The van der Waals surface area contributed by atoms with Crippen LogP contribution in [0.4, 0.5) is 0 Å². The van der Waals surface area contributed by atoms with Gasteiger partial charge in [0.25, 0.3) is 5.56 Å². The summed E-state index contributed by atoms with van der Waals surface area (Å²) in [6.07, 6.45) is 6.51. The quantitative estimate of drug-likeness (QED) is 0.514. The standard InChI is InChI=1S/C19H15BrN6O2/c20-14-2-3-16-15(9-14)19(28)25(12-23-16)11-18(27)22-10-13-4-6-21-17(8-13)26-7-1-5-24-26/h1-9,12H,10-11H2,(H,22,27). The lowest BCUT2D eigenvalue weighted by Crippen LogP contribution is -2.32. The van der Waals surface area contributed by atoms with E-state index in [1.807, 2.05) is 24.3 Å². The predicted molar refractivity (Wildman–Crippen MR) is 107 cm³/mol. The van der Waals surface area contributed by atoms with Gasteiger partial charge < -0.3 is 5.32 Å². The van der Waals surface area contributed by atoms with Gasteiger partial charge in [0.2, 0.25) is 5.91 Å². The molecule has 1 amide bonds. The van der Waals surface area contributed by atoms with Crippen LogP contribution in [0, 0.1) is 0 Å². The molecular formula is C19H15BrN6O2. The molecule has 0 bridgehead atoms. The molecule has 0 unspecified atom stereocenters. The number of amides is 1. The van der Waals surface area contributed by atoms with Gasteiger partial charge in [-0.25, -0.2) is 14.6 Å². The summed E-state index contributed by atoms with van der Waals surface area (Å²) in [4.78, 5) is 33.4. The Kier molecular flexibility index (Phi) is 4.98. The summed E-state index contributed by atoms with van der Waals surface area (Å²) >= 11 is 3.35. The van der Waals surface area contributed by atoms with Gasteiger partial charge in [0.05, 0.1) is 17.2 Å². The zero-order valence-corrected chi connectivity index (χ0v) is 16.2. The minimum Gasteiger partial charge on any atom is -0.350 e. The lowest BCUT2D eigenvalue weighted by molar-refractivity contribution is -0.121. The van der Waals surface area contributed by atoms with Crippen molar-refractivity contribution in [3.05, 3.63) is 81.7 Å². The van der Waals surface area contributed by atoms with Crippen LogP contribution in [0.15, 0.2) is 70.6 Å². The molecule has 4 rings (SSSR count). The molecule has 0 saturated heterocycles. The molecule has 8 nitrogen and oxygen atoms in total.